The molecule has 0 spiro atoms. The fraction of sp³-hybridized carbons (Fsp3) is 0.875. The third-order valence-corrected chi connectivity index (χ3v) is 2.45. The standard InChI is InChI=1S/C8H12F2O/c9-8(10)7(4-5-11)6-2-1-3-6/h5-8H,1-4H2. The van der Waals surface area contributed by atoms with E-state index in [1.165, 1.54) is 0 Å². The molecule has 0 aromatic heterocycles. The Morgan fingerprint density at radius 1 is 1.45 bits per heavy atom. The molecule has 1 saturated carbocycles. The highest BCUT2D eigenvalue weighted by atomic mass is 19.3. The number of carbonyl (C=O) groups is 1. The Hall–Kier alpha value is -0.470. The number of hydrogen-bond acceptors (Lipinski definition) is 1. The summed E-state index contributed by atoms with van der Waals surface area (Å²) in [6.07, 6.45) is 1.13. The molecule has 1 aliphatic carbocycles. The average molecular weight is 162 g/mol. The van der Waals surface area contributed by atoms with Crippen LogP contribution in [0.5, 0.6) is 0 Å². The SMILES string of the molecule is O=CCC(C(F)F)C1CCC1. The van der Waals surface area contributed by atoms with Crippen molar-refractivity contribution in [1.29, 1.82) is 0 Å². The molecule has 0 N–H and O–H groups in total. The van der Waals surface area contributed by atoms with Gasteiger partial charge in [0.15, 0.2) is 0 Å². The van der Waals surface area contributed by atoms with Gasteiger partial charge in [-0.2, -0.15) is 0 Å². The van der Waals surface area contributed by atoms with Gasteiger partial charge in [-0.1, -0.05) is 6.42 Å². The van der Waals surface area contributed by atoms with Gasteiger partial charge >= 0.3 is 0 Å². The van der Waals surface area contributed by atoms with E-state index in [0.29, 0.717) is 6.29 Å². The molecule has 1 nitrogen and oxygen atoms in total. The maximum absolute atomic E-state index is 12.2. The third-order valence-electron chi connectivity index (χ3n) is 2.45. The van der Waals surface area contributed by atoms with Crippen LogP contribution < -0.4 is 0 Å². The fourth-order valence-corrected chi connectivity index (χ4v) is 1.48. The van der Waals surface area contributed by atoms with E-state index in [1.807, 2.05) is 0 Å². The van der Waals surface area contributed by atoms with E-state index in [2.05, 4.69) is 0 Å². The van der Waals surface area contributed by atoms with E-state index in [-0.39, 0.29) is 12.3 Å². The second kappa shape index (κ2) is 3.79. The van der Waals surface area contributed by atoms with E-state index in [9.17, 15) is 13.6 Å². The Labute approximate surface area is 64.8 Å². The average Bonchev–Trinajstić information content (AvgIpc) is 1.82. The second-order valence-corrected chi connectivity index (χ2v) is 3.09. The predicted molar refractivity (Wildman–Crippen MR) is 37.5 cm³/mol. The highest BCUT2D eigenvalue weighted by Gasteiger charge is 2.32. The van der Waals surface area contributed by atoms with Crippen molar-refractivity contribution in [2.24, 2.45) is 11.8 Å². The molecule has 0 saturated heterocycles. The molecule has 0 bridgehead atoms. The maximum Gasteiger partial charge on any atom is 0.242 e. The lowest BCUT2D eigenvalue weighted by Gasteiger charge is -2.32. The lowest BCUT2D eigenvalue weighted by atomic mass is 9.75. The van der Waals surface area contributed by atoms with Crippen LogP contribution in [-0.2, 0) is 4.79 Å². The van der Waals surface area contributed by atoms with Gasteiger partial charge in [-0.05, 0) is 18.8 Å². The third kappa shape index (κ3) is 1.98. The van der Waals surface area contributed by atoms with E-state index in [0.717, 1.165) is 19.3 Å². The van der Waals surface area contributed by atoms with Crippen molar-refractivity contribution in [1.82, 2.24) is 0 Å². The fourth-order valence-electron chi connectivity index (χ4n) is 1.48. The van der Waals surface area contributed by atoms with Crippen LogP contribution in [0.25, 0.3) is 0 Å². The van der Waals surface area contributed by atoms with Crippen LogP contribution in [0, 0.1) is 11.8 Å². The van der Waals surface area contributed by atoms with Gasteiger partial charge in [-0.3, -0.25) is 0 Å². The van der Waals surface area contributed by atoms with Crippen LogP contribution in [0.1, 0.15) is 25.7 Å². The number of rotatable bonds is 4. The highest BCUT2D eigenvalue weighted by molar-refractivity contribution is 5.49. The van der Waals surface area contributed by atoms with Crippen LogP contribution in [-0.4, -0.2) is 12.7 Å². The van der Waals surface area contributed by atoms with E-state index < -0.39 is 12.3 Å². The van der Waals surface area contributed by atoms with Gasteiger partial charge in [-0.25, -0.2) is 8.78 Å². The molecule has 1 atom stereocenters. The first-order chi connectivity index (χ1) is 5.25. The van der Waals surface area contributed by atoms with Gasteiger partial charge < -0.3 is 4.79 Å². The summed E-state index contributed by atoms with van der Waals surface area (Å²) >= 11 is 0. The summed E-state index contributed by atoms with van der Waals surface area (Å²) in [5.41, 5.74) is 0. The monoisotopic (exact) mass is 162 g/mol. The molecular formula is C8H12F2O. The molecule has 0 aromatic carbocycles. The quantitative estimate of drug-likeness (QED) is 0.579. The van der Waals surface area contributed by atoms with Crippen molar-refractivity contribution < 1.29 is 13.6 Å². The zero-order valence-corrected chi connectivity index (χ0v) is 6.30. The summed E-state index contributed by atoms with van der Waals surface area (Å²) < 4.78 is 24.4. The van der Waals surface area contributed by atoms with Crippen molar-refractivity contribution in [3.63, 3.8) is 0 Å². The van der Waals surface area contributed by atoms with Gasteiger partial charge in [0.05, 0.1) is 0 Å². The van der Waals surface area contributed by atoms with Crippen molar-refractivity contribution in [3.8, 4) is 0 Å². The van der Waals surface area contributed by atoms with Crippen LogP contribution in [0.3, 0.4) is 0 Å². The summed E-state index contributed by atoms with van der Waals surface area (Å²) in [7, 11) is 0. The minimum absolute atomic E-state index is 0.0301. The molecule has 1 fully saturated rings. The van der Waals surface area contributed by atoms with Crippen molar-refractivity contribution in [2.75, 3.05) is 0 Å². The largest absolute Gasteiger partial charge is 0.303 e. The Morgan fingerprint density at radius 3 is 2.36 bits per heavy atom. The number of hydrogen-bond donors (Lipinski definition) is 0. The molecule has 0 aromatic rings. The first kappa shape index (κ1) is 8.62. The smallest absolute Gasteiger partial charge is 0.242 e. The Bertz CT molecular complexity index is 132. The van der Waals surface area contributed by atoms with E-state index in [4.69, 9.17) is 0 Å². The van der Waals surface area contributed by atoms with Crippen LogP contribution in [0.2, 0.25) is 0 Å². The molecular weight excluding hydrogens is 150 g/mol. The molecule has 3 heteroatoms. The molecule has 0 aliphatic heterocycles. The van der Waals surface area contributed by atoms with Gasteiger partial charge in [0.1, 0.15) is 6.29 Å². The minimum Gasteiger partial charge on any atom is -0.303 e. The van der Waals surface area contributed by atoms with E-state index >= 15 is 0 Å². The number of carbonyl (C=O) groups excluding carboxylic acids is 1. The summed E-state index contributed by atoms with van der Waals surface area (Å²) in [5.74, 6) is -0.554. The summed E-state index contributed by atoms with van der Waals surface area (Å²) in [6.45, 7) is 0. The van der Waals surface area contributed by atoms with Crippen molar-refractivity contribution in [3.05, 3.63) is 0 Å². The highest BCUT2D eigenvalue weighted by Crippen LogP contribution is 2.37. The maximum atomic E-state index is 12.2. The predicted octanol–water partition coefficient (Wildman–Crippen LogP) is 2.26. The molecule has 0 heterocycles. The first-order valence-electron chi connectivity index (χ1n) is 3.97. The van der Waals surface area contributed by atoms with Gasteiger partial charge in [0, 0.05) is 12.3 Å². The van der Waals surface area contributed by atoms with Gasteiger partial charge in [0.2, 0.25) is 6.43 Å². The zero-order chi connectivity index (χ0) is 8.27. The molecule has 64 valence electrons. The Balaban J connectivity index is 2.37. The minimum atomic E-state index is -2.31. The van der Waals surface area contributed by atoms with Crippen LogP contribution >= 0.6 is 0 Å². The van der Waals surface area contributed by atoms with Crippen molar-refractivity contribution >= 4 is 6.29 Å². The second-order valence-electron chi connectivity index (χ2n) is 3.09. The summed E-state index contributed by atoms with van der Waals surface area (Å²) in [4.78, 5) is 10.0. The number of alkyl halides is 2. The van der Waals surface area contributed by atoms with Crippen molar-refractivity contribution in [2.45, 2.75) is 32.1 Å². The topological polar surface area (TPSA) is 17.1 Å². The van der Waals surface area contributed by atoms with Gasteiger partial charge in [-0.15, -0.1) is 0 Å². The number of halogens is 2. The summed E-state index contributed by atoms with van der Waals surface area (Å²) in [5, 5.41) is 0. The lowest BCUT2D eigenvalue weighted by molar-refractivity contribution is -0.111. The van der Waals surface area contributed by atoms with Crippen LogP contribution in [0.15, 0.2) is 0 Å². The molecule has 1 rings (SSSR count). The molecule has 0 amide bonds. The molecule has 1 unspecified atom stereocenters. The van der Waals surface area contributed by atoms with Gasteiger partial charge in [0.25, 0.3) is 0 Å². The Kier molecular flexibility index (Phi) is 2.97. The first-order valence-corrected chi connectivity index (χ1v) is 3.97. The normalized spacial score (nSPS) is 21.4. The Morgan fingerprint density at radius 2 is 2.09 bits per heavy atom. The lowest BCUT2D eigenvalue weighted by Crippen LogP contribution is -2.27. The molecule has 1 aliphatic rings. The molecule has 11 heavy (non-hydrogen) atoms. The van der Waals surface area contributed by atoms with Crippen LogP contribution in [0.4, 0.5) is 8.78 Å². The van der Waals surface area contributed by atoms with E-state index in [1.54, 1.807) is 0 Å². The number of aldehydes is 1. The summed E-state index contributed by atoms with van der Waals surface area (Å²) in [6, 6.07) is 0. The molecule has 0 radical (unpaired) electrons. The zero-order valence-electron chi connectivity index (χ0n) is 6.30.